The average molecular weight is 235 g/mol. The molecular formula is C9H14FNO3S. The molecule has 0 aliphatic heterocycles. The van der Waals surface area contributed by atoms with Gasteiger partial charge in [-0.25, -0.2) is 4.39 Å². The summed E-state index contributed by atoms with van der Waals surface area (Å²) in [7, 11) is 1.61. The summed E-state index contributed by atoms with van der Waals surface area (Å²) in [5, 5.41) is 30.1. The topological polar surface area (TPSA) is 72.7 Å². The summed E-state index contributed by atoms with van der Waals surface area (Å²) in [6.45, 7) is 0.168. The highest BCUT2D eigenvalue weighted by molar-refractivity contribution is 7.59. The van der Waals surface area contributed by atoms with Crippen molar-refractivity contribution in [1.82, 2.24) is 5.32 Å². The zero-order valence-corrected chi connectivity index (χ0v) is 9.16. The molecule has 1 aromatic rings. The lowest BCUT2D eigenvalue weighted by Gasteiger charge is -2.12. The predicted octanol–water partition coefficient (Wildman–Crippen LogP) is 0.602. The molecule has 1 aromatic carbocycles. The van der Waals surface area contributed by atoms with Crippen LogP contribution in [0, 0.1) is 5.82 Å². The fourth-order valence-corrected chi connectivity index (χ4v) is 1.13. The summed E-state index contributed by atoms with van der Waals surface area (Å²) in [6, 6.07) is 2.36. The van der Waals surface area contributed by atoms with Crippen LogP contribution in [0.25, 0.3) is 0 Å². The molecule has 0 unspecified atom stereocenters. The molecule has 0 saturated heterocycles. The first-order valence-corrected chi connectivity index (χ1v) is 4.11. The van der Waals surface area contributed by atoms with E-state index in [1.807, 2.05) is 0 Å². The van der Waals surface area contributed by atoms with Gasteiger partial charge in [-0.1, -0.05) is 0 Å². The number of nitrogens with one attached hydrogen (secondary N) is 1. The molecule has 0 aliphatic carbocycles. The molecule has 0 saturated carbocycles. The Morgan fingerprint density at radius 1 is 1.40 bits per heavy atom. The van der Waals surface area contributed by atoms with Crippen LogP contribution in [0.4, 0.5) is 4.39 Å². The van der Waals surface area contributed by atoms with Gasteiger partial charge in [0.25, 0.3) is 0 Å². The Morgan fingerprint density at radius 2 is 2.00 bits per heavy atom. The summed E-state index contributed by atoms with van der Waals surface area (Å²) in [5.41, 5.74) is -0.0466. The second-order valence-electron chi connectivity index (χ2n) is 2.91. The standard InChI is InChI=1S/C9H12FNO3.H2S/c1-11-4-7(13)5-2-3-6(12)9(14)8(5)10;/h2-3,7,11-14H,4H2,1H3;1H2/t7-;/m1./s1. The molecule has 0 heterocycles. The molecule has 0 aromatic heterocycles. The highest BCUT2D eigenvalue weighted by atomic mass is 32.1. The minimum Gasteiger partial charge on any atom is -0.504 e. The number of aliphatic hydroxyl groups is 1. The number of phenols is 2. The lowest BCUT2D eigenvalue weighted by molar-refractivity contribution is 0.171. The largest absolute Gasteiger partial charge is 0.504 e. The van der Waals surface area contributed by atoms with E-state index in [1.54, 1.807) is 7.05 Å². The molecular weight excluding hydrogens is 221 g/mol. The molecule has 0 spiro atoms. The van der Waals surface area contributed by atoms with Crippen molar-refractivity contribution in [3.05, 3.63) is 23.5 Å². The minimum atomic E-state index is -1.05. The summed E-state index contributed by atoms with van der Waals surface area (Å²) < 4.78 is 13.2. The zero-order valence-electron chi connectivity index (χ0n) is 8.16. The Morgan fingerprint density at radius 3 is 2.53 bits per heavy atom. The van der Waals surface area contributed by atoms with Crippen LogP contribution < -0.4 is 5.32 Å². The fraction of sp³-hybridized carbons (Fsp3) is 0.333. The van der Waals surface area contributed by atoms with Crippen LogP contribution in [0.1, 0.15) is 11.7 Å². The van der Waals surface area contributed by atoms with Crippen molar-refractivity contribution < 1.29 is 19.7 Å². The van der Waals surface area contributed by atoms with Crippen molar-refractivity contribution in [2.24, 2.45) is 0 Å². The number of likely N-dealkylation sites (N-methyl/N-ethyl adjacent to an activating group) is 1. The maximum absolute atomic E-state index is 13.2. The van der Waals surface area contributed by atoms with E-state index in [1.165, 1.54) is 6.07 Å². The third-order valence-corrected chi connectivity index (χ3v) is 1.88. The maximum Gasteiger partial charge on any atom is 0.194 e. The van der Waals surface area contributed by atoms with Crippen LogP contribution in [0.15, 0.2) is 12.1 Å². The molecule has 4 nitrogen and oxygen atoms in total. The number of aliphatic hydroxyl groups excluding tert-OH is 1. The Bertz CT molecular complexity index is 335. The number of phenolic OH excluding ortho intramolecular Hbond substituents is 2. The molecule has 4 N–H and O–H groups in total. The number of benzene rings is 1. The molecule has 6 heteroatoms. The van der Waals surface area contributed by atoms with Crippen LogP contribution in [0.2, 0.25) is 0 Å². The summed E-state index contributed by atoms with van der Waals surface area (Å²) in [4.78, 5) is 0. The number of halogens is 1. The number of hydrogen-bond acceptors (Lipinski definition) is 4. The Hall–Kier alpha value is -0.980. The van der Waals surface area contributed by atoms with Crippen molar-refractivity contribution >= 4 is 13.5 Å². The number of hydrogen-bond donors (Lipinski definition) is 4. The smallest absolute Gasteiger partial charge is 0.194 e. The van der Waals surface area contributed by atoms with Gasteiger partial charge in [-0.05, 0) is 19.2 Å². The fourth-order valence-electron chi connectivity index (χ4n) is 1.13. The van der Waals surface area contributed by atoms with E-state index >= 15 is 0 Å². The van der Waals surface area contributed by atoms with E-state index in [4.69, 9.17) is 10.2 Å². The Balaban J connectivity index is 0.00000196. The van der Waals surface area contributed by atoms with E-state index in [0.717, 1.165) is 6.07 Å². The highest BCUT2D eigenvalue weighted by Crippen LogP contribution is 2.32. The minimum absolute atomic E-state index is 0. The third-order valence-electron chi connectivity index (χ3n) is 1.88. The van der Waals surface area contributed by atoms with E-state index < -0.39 is 23.4 Å². The van der Waals surface area contributed by atoms with Crippen LogP contribution in [0.3, 0.4) is 0 Å². The van der Waals surface area contributed by atoms with E-state index in [9.17, 15) is 9.50 Å². The molecule has 0 fully saturated rings. The normalized spacial score (nSPS) is 11.9. The molecule has 0 radical (unpaired) electrons. The van der Waals surface area contributed by atoms with Crippen LogP contribution in [-0.4, -0.2) is 28.9 Å². The van der Waals surface area contributed by atoms with E-state index in [0.29, 0.717) is 0 Å². The van der Waals surface area contributed by atoms with Crippen LogP contribution in [-0.2, 0) is 0 Å². The zero-order chi connectivity index (χ0) is 10.7. The molecule has 1 rings (SSSR count). The predicted molar refractivity (Wildman–Crippen MR) is 59.0 cm³/mol. The Kier molecular flexibility index (Phi) is 5.41. The molecule has 1 atom stereocenters. The second kappa shape index (κ2) is 5.79. The summed E-state index contributed by atoms with van der Waals surface area (Å²) in [6.07, 6.45) is -1.05. The van der Waals surface area contributed by atoms with Gasteiger partial charge in [-0.2, -0.15) is 13.5 Å². The first kappa shape index (κ1) is 14.0. The van der Waals surface area contributed by atoms with Gasteiger partial charge in [0, 0.05) is 12.1 Å². The third kappa shape index (κ3) is 2.98. The quantitative estimate of drug-likeness (QED) is 0.579. The van der Waals surface area contributed by atoms with Gasteiger partial charge in [0.05, 0.1) is 6.10 Å². The van der Waals surface area contributed by atoms with Gasteiger partial charge < -0.3 is 20.6 Å². The van der Waals surface area contributed by atoms with Crippen LogP contribution in [0.5, 0.6) is 11.5 Å². The van der Waals surface area contributed by atoms with Gasteiger partial charge in [-0.15, -0.1) is 0 Å². The lowest BCUT2D eigenvalue weighted by Crippen LogP contribution is -2.17. The van der Waals surface area contributed by atoms with Crippen molar-refractivity contribution in [1.29, 1.82) is 0 Å². The van der Waals surface area contributed by atoms with Gasteiger partial charge >= 0.3 is 0 Å². The van der Waals surface area contributed by atoms with Crippen molar-refractivity contribution in [2.75, 3.05) is 13.6 Å². The first-order valence-electron chi connectivity index (χ1n) is 4.11. The second-order valence-corrected chi connectivity index (χ2v) is 2.91. The van der Waals surface area contributed by atoms with Gasteiger partial charge in [0.2, 0.25) is 0 Å². The highest BCUT2D eigenvalue weighted by Gasteiger charge is 2.17. The molecule has 86 valence electrons. The lowest BCUT2D eigenvalue weighted by atomic mass is 10.1. The van der Waals surface area contributed by atoms with Gasteiger partial charge in [0.15, 0.2) is 17.3 Å². The summed E-state index contributed by atoms with van der Waals surface area (Å²) in [5.74, 6) is -2.37. The maximum atomic E-state index is 13.2. The SMILES string of the molecule is CNC[C@@H](O)c1ccc(O)c(O)c1F.S. The van der Waals surface area contributed by atoms with E-state index in [2.05, 4.69) is 5.32 Å². The Labute approximate surface area is 93.8 Å². The van der Waals surface area contributed by atoms with Crippen molar-refractivity contribution in [3.8, 4) is 11.5 Å². The van der Waals surface area contributed by atoms with Crippen molar-refractivity contribution in [2.45, 2.75) is 6.10 Å². The molecule has 15 heavy (non-hydrogen) atoms. The average Bonchev–Trinajstić information content (AvgIpc) is 2.15. The number of rotatable bonds is 3. The van der Waals surface area contributed by atoms with Gasteiger partial charge in [-0.3, -0.25) is 0 Å². The molecule has 0 amide bonds. The van der Waals surface area contributed by atoms with Gasteiger partial charge in [0.1, 0.15) is 0 Å². The molecule has 0 aliphatic rings. The summed E-state index contributed by atoms with van der Waals surface area (Å²) >= 11 is 0. The molecule has 0 bridgehead atoms. The monoisotopic (exact) mass is 235 g/mol. The van der Waals surface area contributed by atoms with E-state index in [-0.39, 0.29) is 25.6 Å². The first-order chi connectivity index (χ1) is 6.57. The van der Waals surface area contributed by atoms with Crippen LogP contribution >= 0.6 is 13.5 Å². The number of aromatic hydroxyl groups is 2. The van der Waals surface area contributed by atoms with Crippen molar-refractivity contribution in [3.63, 3.8) is 0 Å².